The second kappa shape index (κ2) is 6.11. The predicted octanol–water partition coefficient (Wildman–Crippen LogP) is 2.64. The van der Waals surface area contributed by atoms with Crippen molar-refractivity contribution < 1.29 is 4.74 Å². The fourth-order valence-corrected chi connectivity index (χ4v) is 4.24. The van der Waals surface area contributed by atoms with Gasteiger partial charge in [-0.1, -0.05) is 27.2 Å². The first-order chi connectivity index (χ1) is 9.03. The van der Waals surface area contributed by atoms with E-state index in [1.54, 1.807) is 0 Å². The van der Waals surface area contributed by atoms with E-state index in [1.807, 2.05) is 0 Å². The van der Waals surface area contributed by atoms with Crippen molar-refractivity contribution in [1.29, 1.82) is 0 Å². The first kappa shape index (κ1) is 15.3. The van der Waals surface area contributed by atoms with Gasteiger partial charge < -0.3 is 10.5 Å². The van der Waals surface area contributed by atoms with Gasteiger partial charge in [0.1, 0.15) is 0 Å². The number of hydrogen-bond acceptors (Lipinski definition) is 3. The molecule has 0 radical (unpaired) electrons. The predicted molar refractivity (Wildman–Crippen MR) is 80.2 cm³/mol. The summed E-state index contributed by atoms with van der Waals surface area (Å²) in [6, 6.07) is 0.549. The van der Waals surface area contributed by atoms with Crippen LogP contribution in [0.1, 0.15) is 53.4 Å². The van der Waals surface area contributed by atoms with Crippen LogP contribution in [0.2, 0.25) is 0 Å². The van der Waals surface area contributed by atoms with E-state index in [1.165, 1.54) is 19.3 Å². The lowest BCUT2D eigenvalue weighted by atomic mass is 9.68. The van der Waals surface area contributed by atoms with E-state index in [0.717, 1.165) is 32.0 Å². The van der Waals surface area contributed by atoms with Gasteiger partial charge in [0.25, 0.3) is 0 Å². The normalized spacial score (nSPS) is 45.3. The van der Waals surface area contributed by atoms with Gasteiger partial charge in [-0.15, -0.1) is 0 Å². The Bertz CT molecular complexity index is 296. The highest BCUT2D eigenvalue weighted by molar-refractivity contribution is 5.03. The molecule has 5 atom stereocenters. The van der Waals surface area contributed by atoms with E-state index >= 15 is 0 Å². The van der Waals surface area contributed by atoms with Gasteiger partial charge in [0.15, 0.2) is 0 Å². The lowest BCUT2D eigenvalue weighted by molar-refractivity contribution is -0.126. The minimum Gasteiger partial charge on any atom is -0.376 e. The molecule has 2 rings (SSSR count). The maximum Gasteiger partial charge on any atom is 0.0675 e. The molecule has 0 spiro atoms. The molecule has 1 aliphatic carbocycles. The van der Waals surface area contributed by atoms with Crippen LogP contribution in [0.3, 0.4) is 0 Å². The van der Waals surface area contributed by atoms with Gasteiger partial charge in [-0.2, -0.15) is 0 Å². The lowest BCUT2D eigenvalue weighted by Crippen LogP contribution is -2.67. The van der Waals surface area contributed by atoms with E-state index in [4.69, 9.17) is 10.5 Å². The molecule has 1 saturated carbocycles. The smallest absolute Gasteiger partial charge is 0.0675 e. The number of hydrogen-bond donors (Lipinski definition) is 1. The number of nitrogens with two attached hydrogens (primary N) is 1. The van der Waals surface area contributed by atoms with Crippen LogP contribution in [0.15, 0.2) is 0 Å². The highest BCUT2D eigenvalue weighted by Gasteiger charge is 2.47. The summed E-state index contributed by atoms with van der Waals surface area (Å²) in [4.78, 5) is 2.72. The molecule has 2 fully saturated rings. The highest BCUT2D eigenvalue weighted by atomic mass is 16.5. The zero-order chi connectivity index (χ0) is 14.0. The Labute approximate surface area is 118 Å². The Hall–Kier alpha value is -0.120. The van der Waals surface area contributed by atoms with E-state index in [0.29, 0.717) is 18.1 Å². The van der Waals surface area contributed by atoms with Gasteiger partial charge in [0.2, 0.25) is 0 Å². The molecule has 19 heavy (non-hydrogen) atoms. The molecule has 2 N–H and O–H groups in total. The van der Waals surface area contributed by atoms with Gasteiger partial charge in [0, 0.05) is 24.7 Å². The van der Waals surface area contributed by atoms with Crippen molar-refractivity contribution in [3.8, 4) is 0 Å². The molecule has 0 amide bonds. The van der Waals surface area contributed by atoms with Crippen LogP contribution in [-0.2, 0) is 4.74 Å². The number of nitrogens with zero attached hydrogens (tertiary/aromatic N) is 1. The minimum atomic E-state index is 0.205. The molecule has 0 aromatic carbocycles. The number of morpholine rings is 1. The summed E-state index contributed by atoms with van der Waals surface area (Å²) in [6.45, 7) is 12.0. The van der Waals surface area contributed by atoms with Crippen LogP contribution in [0.25, 0.3) is 0 Å². The van der Waals surface area contributed by atoms with Gasteiger partial charge in [-0.25, -0.2) is 0 Å². The summed E-state index contributed by atoms with van der Waals surface area (Å²) in [5, 5.41) is 0. The van der Waals surface area contributed by atoms with E-state index in [-0.39, 0.29) is 5.54 Å². The molecule has 2 aliphatic rings. The Morgan fingerprint density at radius 2 is 2.00 bits per heavy atom. The Morgan fingerprint density at radius 3 is 2.63 bits per heavy atom. The van der Waals surface area contributed by atoms with Gasteiger partial charge in [0.05, 0.1) is 12.7 Å². The van der Waals surface area contributed by atoms with E-state index in [9.17, 15) is 0 Å². The maximum absolute atomic E-state index is 6.30. The summed E-state index contributed by atoms with van der Waals surface area (Å²) in [6.07, 6.45) is 5.44. The molecule has 3 heteroatoms. The van der Waals surface area contributed by atoms with Crippen molar-refractivity contribution >= 4 is 0 Å². The average molecular weight is 268 g/mol. The summed E-state index contributed by atoms with van der Waals surface area (Å²) >= 11 is 0. The molecule has 3 nitrogen and oxygen atoms in total. The lowest BCUT2D eigenvalue weighted by Gasteiger charge is -2.56. The van der Waals surface area contributed by atoms with Gasteiger partial charge in [-0.3, -0.25) is 4.90 Å². The fraction of sp³-hybridized carbons (Fsp3) is 1.00. The largest absolute Gasteiger partial charge is 0.376 e. The molecule has 1 heterocycles. The quantitative estimate of drug-likeness (QED) is 0.855. The van der Waals surface area contributed by atoms with Crippen molar-refractivity contribution in [2.24, 2.45) is 17.6 Å². The molecule has 1 saturated heterocycles. The van der Waals surface area contributed by atoms with Crippen LogP contribution in [0.4, 0.5) is 0 Å². The first-order valence-corrected chi connectivity index (χ1v) is 8.12. The Kier molecular flexibility index (Phi) is 4.91. The van der Waals surface area contributed by atoms with Crippen LogP contribution >= 0.6 is 0 Å². The first-order valence-electron chi connectivity index (χ1n) is 8.12. The SMILES string of the molecule is CCC1COC(C)CN1C1(CN)CC(C)CCC1C. The summed E-state index contributed by atoms with van der Waals surface area (Å²) in [7, 11) is 0. The van der Waals surface area contributed by atoms with Crippen molar-refractivity contribution in [3.05, 3.63) is 0 Å². The monoisotopic (exact) mass is 268 g/mol. The zero-order valence-electron chi connectivity index (χ0n) is 13.2. The number of rotatable bonds is 3. The second-order valence-corrected chi connectivity index (χ2v) is 6.95. The maximum atomic E-state index is 6.30. The second-order valence-electron chi connectivity index (χ2n) is 6.95. The average Bonchev–Trinajstić information content (AvgIpc) is 2.41. The molecule has 0 aromatic rings. The van der Waals surface area contributed by atoms with Crippen molar-refractivity contribution in [2.75, 3.05) is 19.7 Å². The highest BCUT2D eigenvalue weighted by Crippen LogP contribution is 2.42. The third-order valence-corrected chi connectivity index (χ3v) is 5.58. The topological polar surface area (TPSA) is 38.5 Å². The minimum absolute atomic E-state index is 0.205. The third-order valence-electron chi connectivity index (χ3n) is 5.58. The standard InChI is InChI=1S/C16H32N2O/c1-5-15-10-19-14(4)9-18(15)16(11-17)8-12(2)6-7-13(16)3/h12-15H,5-11,17H2,1-4H3. The van der Waals surface area contributed by atoms with Crippen molar-refractivity contribution in [3.63, 3.8) is 0 Å². The van der Waals surface area contributed by atoms with Crippen molar-refractivity contribution in [2.45, 2.75) is 71.1 Å². The Balaban J connectivity index is 2.26. The molecule has 0 aromatic heterocycles. The molecule has 1 aliphatic heterocycles. The molecule has 112 valence electrons. The third kappa shape index (κ3) is 2.84. The summed E-state index contributed by atoms with van der Waals surface area (Å²) < 4.78 is 5.87. The molecular weight excluding hydrogens is 236 g/mol. The Morgan fingerprint density at radius 1 is 1.26 bits per heavy atom. The van der Waals surface area contributed by atoms with Crippen LogP contribution in [-0.4, -0.2) is 42.3 Å². The van der Waals surface area contributed by atoms with E-state index < -0.39 is 0 Å². The van der Waals surface area contributed by atoms with Gasteiger partial charge in [-0.05, 0) is 38.0 Å². The zero-order valence-corrected chi connectivity index (χ0v) is 13.2. The number of ether oxygens (including phenoxy) is 1. The molecule has 0 bridgehead atoms. The van der Waals surface area contributed by atoms with E-state index in [2.05, 4.69) is 32.6 Å². The molecule has 5 unspecified atom stereocenters. The van der Waals surface area contributed by atoms with Crippen LogP contribution < -0.4 is 5.73 Å². The van der Waals surface area contributed by atoms with Crippen molar-refractivity contribution in [1.82, 2.24) is 4.90 Å². The summed E-state index contributed by atoms with van der Waals surface area (Å²) in [5.74, 6) is 1.50. The van der Waals surface area contributed by atoms with Gasteiger partial charge >= 0.3 is 0 Å². The van der Waals surface area contributed by atoms with Crippen LogP contribution in [0.5, 0.6) is 0 Å². The molecular formula is C16H32N2O. The summed E-state index contributed by atoms with van der Waals surface area (Å²) in [5.41, 5.74) is 6.51. The fourth-order valence-electron chi connectivity index (χ4n) is 4.24. The van der Waals surface area contributed by atoms with Crippen LogP contribution in [0, 0.1) is 11.8 Å².